The van der Waals surface area contributed by atoms with Gasteiger partial charge in [-0.05, 0) is 18.2 Å². The molecule has 2 rings (SSSR count). The van der Waals surface area contributed by atoms with Crippen molar-refractivity contribution in [2.75, 3.05) is 21.2 Å². The van der Waals surface area contributed by atoms with Gasteiger partial charge < -0.3 is 4.74 Å². The Bertz CT molecular complexity index is 1160. The van der Waals surface area contributed by atoms with Crippen LogP contribution in [0.2, 0.25) is 0 Å². The smallest absolute Gasteiger partial charge is 0.445 e. The van der Waals surface area contributed by atoms with Gasteiger partial charge in [0.2, 0.25) is 0 Å². The number of carbonyl (C=O) groups is 1. The number of rotatable bonds is 6. The summed E-state index contributed by atoms with van der Waals surface area (Å²) >= 11 is 3.07. The van der Waals surface area contributed by atoms with Crippen molar-refractivity contribution in [3.05, 3.63) is 40.4 Å². The minimum Gasteiger partial charge on any atom is -0.451 e. The highest BCUT2D eigenvalue weighted by Crippen LogP contribution is 2.18. The maximum Gasteiger partial charge on any atom is 0.445 e. The fraction of sp³-hybridized carbons (Fsp3) is 0.231. The first kappa shape index (κ1) is 22.9. The molecule has 1 aromatic carbocycles. The van der Waals surface area contributed by atoms with Crippen molar-refractivity contribution in [2.24, 2.45) is 5.10 Å². The summed E-state index contributed by atoms with van der Waals surface area (Å²) in [6, 6.07) is 3.48. The quantitative estimate of drug-likeness (QED) is 0.404. The number of hydrogen-bond acceptors (Lipinski definition) is 9. The van der Waals surface area contributed by atoms with Crippen molar-refractivity contribution >= 4 is 48.5 Å². The van der Waals surface area contributed by atoms with Gasteiger partial charge in [-0.25, -0.2) is 14.2 Å². The largest absolute Gasteiger partial charge is 0.451 e. The normalized spacial score (nSPS) is 12.5. The van der Waals surface area contributed by atoms with Crippen LogP contribution in [-0.2, 0) is 25.0 Å². The Morgan fingerprint density at radius 3 is 2.52 bits per heavy atom. The maximum atomic E-state index is 13.2. The van der Waals surface area contributed by atoms with Crippen molar-refractivity contribution in [1.82, 2.24) is 22.9 Å². The van der Waals surface area contributed by atoms with Crippen LogP contribution in [0.4, 0.5) is 9.18 Å². The van der Waals surface area contributed by atoms with Gasteiger partial charge in [0.25, 0.3) is 5.16 Å². The summed E-state index contributed by atoms with van der Waals surface area (Å²) in [5.74, 6) is -0.552. The molecule has 1 amide bonds. The molecule has 0 fully saturated rings. The van der Waals surface area contributed by atoms with Crippen LogP contribution in [0.3, 0.4) is 0 Å². The lowest BCUT2D eigenvalue weighted by atomic mass is 10.2. The van der Waals surface area contributed by atoms with Crippen molar-refractivity contribution < 1.29 is 30.8 Å². The van der Waals surface area contributed by atoms with Crippen molar-refractivity contribution in [3.8, 4) is 0 Å². The van der Waals surface area contributed by atoms with Gasteiger partial charge in [0.15, 0.2) is 0 Å². The number of nitrogens with zero attached hydrogens (tertiary/aromatic N) is 6. The van der Waals surface area contributed by atoms with Gasteiger partial charge in [-0.15, -0.1) is 9.19 Å². The lowest BCUT2D eigenvalue weighted by Gasteiger charge is -2.13. The van der Waals surface area contributed by atoms with E-state index in [0.717, 1.165) is 29.8 Å². The van der Waals surface area contributed by atoms with Crippen LogP contribution in [0.25, 0.3) is 0 Å². The van der Waals surface area contributed by atoms with Gasteiger partial charge in [-0.1, -0.05) is 20.3 Å². The molecule has 29 heavy (non-hydrogen) atoms. The van der Waals surface area contributed by atoms with E-state index in [1.54, 1.807) is 0 Å². The van der Waals surface area contributed by atoms with Crippen LogP contribution in [0.5, 0.6) is 0 Å². The predicted octanol–water partition coefficient (Wildman–Crippen LogP) is 0.625. The molecule has 0 aliphatic heterocycles. The Labute approximate surface area is 173 Å². The Kier molecular flexibility index (Phi) is 6.71. The van der Waals surface area contributed by atoms with Gasteiger partial charge in [-0.2, -0.15) is 26.2 Å². The number of methoxy groups -OCH3 is 1. The summed E-state index contributed by atoms with van der Waals surface area (Å²) in [6.45, 7) is 0. The Hall–Kier alpha value is -2.43. The van der Waals surface area contributed by atoms with Crippen LogP contribution < -0.4 is 0 Å². The van der Waals surface area contributed by atoms with Gasteiger partial charge in [-0.3, -0.25) is 0 Å². The molecule has 0 saturated carbocycles. The highest BCUT2D eigenvalue weighted by Gasteiger charge is 2.35. The molecule has 1 heterocycles. The fourth-order valence-corrected chi connectivity index (χ4v) is 3.87. The summed E-state index contributed by atoms with van der Waals surface area (Å²) in [5.41, 5.74) is 0.240. The first-order valence-electron chi connectivity index (χ1n) is 7.38. The molecular formula is C13H14BrFN6O6S2. The third kappa shape index (κ3) is 4.77. The molecule has 0 aliphatic carbocycles. The number of aromatic nitrogens is 3. The van der Waals surface area contributed by atoms with E-state index in [0.29, 0.717) is 10.4 Å². The Balaban J connectivity index is 2.48. The monoisotopic (exact) mass is 512 g/mol. The van der Waals surface area contributed by atoms with E-state index in [1.165, 1.54) is 20.2 Å². The summed E-state index contributed by atoms with van der Waals surface area (Å²) < 4.78 is 68.3. The molecule has 0 aliphatic rings. The summed E-state index contributed by atoms with van der Waals surface area (Å²) in [4.78, 5) is 15.4. The van der Waals surface area contributed by atoms with Crippen molar-refractivity contribution in [2.45, 2.75) is 5.16 Å². The van der Waals surface area contributed by atoms with E-state index >= 15 is 0 Å². The zero-order chi connectivity index (χ0) is 22.0. The maximum absolute atomic E-state index is 13.2. The second-order valence-electron chi connectivity index (χ2n) is 5.32. The average Bonchev–Trinajstić information content (AvgIpc) is 3.14. The molecule has 0 bridgehead atoms. The minimum absolute atomic E-state index is 0.0647. The molecule has 0 N–H and O–H groups in total. The molecule has 0 radical (unpaired) electrons. The molecule has 0 atom stereocenters. The summed E-state index contributed by atoms with van der Waals surface area (Å²) in [7, 11) is -5.64. The van der Waals surface area contributed by atoms with E-state index < -0.39 is 37.3 Å². The van der Waals surface area contributed by atoms with Gasteiger partial charge >= 0.3 is 26.3 Å². The molecule has 0 unspecified atom stereocenters. The van der Waals surface area contributed by atoms with Crippen LogP contribution in [0.1, 0.15) is 5.56 Å². The van der Waals surface area contributed by atoms with Gasteiger partial charge in [0.1, 0.15) is 12.1 Å². The van der Waals surface area contributed by atoms with Gasteiger partial charge in [0.05, 0.1) is 13.3 Å². The Morgan fingerprint density at radius 1 is 1.31 bits per heavy atom. The summed E-state index contributed by atoms with van der Waals surface area (Å²) in [5, 5.41) is 5.95. The zero-order valence-corrected chi connectivity index (χ0v) is 18.3. The first-order chi connectivity index (χ1) is 13.4. The highest BCUT2D eigenvalue weighted by molar-refractivity contribution is 9.10. The number of carbonyl (C=O) groups excluding carboxylic acids is 1. The molecule has 158 valence electrons. The van der Waals surface area contributed by atoms with Crippen LogP contribution in [0, 0.1) is 5.82 Å². The van der Waals surface area contributed by atoms with E-state index in [4.69, 9.17) is 0 Å². The molecule has 16 heteroatoms. The third-order valence-electron chi connectivity index (χ3n) is 3.20. The molecule has 12 nitrogen and oxygen atoms in total. The minimum atomic E-state index is -4.82. The van der Waals surface area contributed by atoms with E-state index in [1.807, 2.05) is 0 Å². The SMILES string of the molecule is COC(=O)N(/N=C/c1ccc(F)cc1Br)S(=O)(=O)c1ncn(S(=O)(=O)N(C)C)n1. The molecular weight excluding hydrogens is 499 g/mol. The number of amides is 1. The number of sulfonamides is 1. The van der Waals surface area contributed by atoms with E-state index in [9.17, 15) is 26.0 Å². The second kappa shape index (κ2) is 8.52. The summed E-state index contributed by atoms with van der Waals surface area (Å²) in [6.07, 6.45) is 0.190. The van der Waals surface area contributed by atoms with Crippen LogP contribution >= 0.6 is 15.9 Å². The molecule has 2 aromatic rings. The van der Waals surface area contributed by atoms with E-state index in [2.05, 4.69) is 35.9 Å². The van der Waals surface area contributed by atoms with Crippen LogP contribution in [-0.4, -0.2) is 73.2 Å². The zero-order valence-electron chi connectivity index (χ0n) is 15.1. The number of benzene rings is 1. The second-order valence-corrected chi connectivity index (χ2v) is 9.83. The topological polar surface area (TPSA) is 144 Å². The molecule has 1 aromatic heterocycles. The first-order valence-corrected chi connectivity index (χ1v) is 11.0. The number of halogens is 2. The molecule has 0 spiro atoms. The van der Waals surface area contributed by atoms with Crippen molar-refractivity contribution in [3.63, 3.8) is 0 Å². The number of ether oxygens (including phenoxy) is 1. The lowest BCUT2D eigenvalue weighted by Crippen LogP contribution is -2.34. The van der Waals surface area contributed by atoms with Crippen molar-refractivity contribution in [1.29, 1.82) is 0 Å². The lowest BCUT2D eigenvalue weighted by molar-refractivity contribution is 0.150. The number of hydrogen-bond donors (Lipinski definition) is 0. The predicted molar refractivity (Wildman–Crippen MR) is 101 cm³/mol. The Morgan fingerprint density at radius 2 is 1.97 bits per heavy atom. The average molecular weight is 513 g/mol. The molecule has 0 saturated heterocycles. The number of hydrazone groups is 1. The highest BCUT2D eigenvalue weighted by atomic mass is 79.9. The third-order valence-corrected chi connectivity index (χ3v) is 6.81. The fourth-order valence-electron chi connectivity index (χ4n) is 1.72. The van der Waals surface area contributed by atoms with E-state index in [-0.39, 0.29) is 14.5 Å². The van der Waals surface area contributed by atoms with Crippen LogP contribution in [0.15, 0.2) is 39.3 Å². The standard InChI is InChI=1S/C13H14BrFN6O6S2/c1-19(2)29(25,26)20-8-16-12(18-20)28(23,24)21(13(22)27-3)17-7-9-4-5-10(15)6-11(9)14/h4-8H,1-3H3/b17-7+. The van der Waals surface area contributed by atoms with Gasteiger partial charge in [0, 0.05) is 24.1 Å².